The lowest BCUT2D eigenvalue weighted by molar-refractivity contribution is 0.138. The number of rotatable bonds is 1. The second-order valence-corrected chi connectivity index (χ2v) is 7.03. The van der Waals surface area contributed by atoms with E-state index in [1.807, 2.05) is 41.5 Å². The molecule has 0 saturated heterocycles. The first kappa shape index (κ1) is 15.2. The van der Waals surface area contributed by atoms with E-state index >= 15 is 0 Å². The minimum absolute atomic E-state index is 0. The van der Waals surface area contributed by atoms with Crippen molar-refractivity contribution in [3.8, 4) is 0 Å². The molecule has 0 saturated carbocycles. The van der Waals surface area contributed by atoms with E-state index in [0.717, 1.165) is 0 Å². The molecule has 0 N–H and O–H groups in total. The van der Waals surface area contributed by atoms with Gasteiger partial charge in [0.05, 0.1) is 5.60 Å². The zero-order valence-corrected chi connectivity index (χ0v) is 9.32. The van der Waals surface area contributed by atoms with Crippen molar-refractivity contribution in [1.29, 1.82) is 0 Å². The molecule has 4 heteroatoms. The van der Waals surface area contributed by atoms with Crippen molar-refractivity contribution >= 4 is 25.4 Å². The van der Waals surface area contributed by atoms with Crippen LogP contribution in [0.3, 0.4) is 0 Å². The van der Waals surface area contributed by atoms with Crippen molar-refractivity contribution in [2.24, 2.45) is 0 Å². The molecular weight excluding hydrogens is 186 g/mol. The smallest absolute Gasteiger partial charge is 0.197 e. The van der Waals surface area contributed by atoms with E-state index in [4.69, 9.17) is 4.52 Å². The molecule has 0 heterocycles. The van der Waals surface area contributed by atoms with Gasteiger partial charge in [-0.05, 0) is 20.8 Å². The Balaban J connectivity index is 0. The summed E-state index contributed by atoms with van der Waals surface area (Å²) in [6.45, 7) is 11.5. The van der Waals surface area contributed by atoms with Crippen LogP contribution < -0.4 is 0 Å². The van der Waals surface area contributed by atoms with Gasteiger partial charge in [0.2, 0.25) is 0 Å². The van der Waals surface area contributed by atoms with Crippen LogP contribution in [0, 0.1) is 0 Å². The molecule has 0 aromatic heterocycles. The van der Waals surface area contributed by atoms with Crippen LogP contribution in [0.2, 0.25) is 0 Å². The van der Waals surface area contributed by atoms with Gasteiger partial charge in [0.1, 0.15) is 0 Å². The molecule has 12 heavy (non-hydrogen) atoms. The van der Waals surface area contributed by atoms with Gasteiger partial charge in [0.15, 0.2) is 25.4 Å². The molecule has 0 aliphatic rings. The lowest BCUT2D eigenvalue weighted by Crippen LogP contribution is -2.19. The largest absolute Gasteiger partial charge is 0.324 e. The highest BCUT2D eigenvalue weighted by molar-refractivity contribution is 7.41. The summed E-state index contributed by atoms with van der Waals surface area (Å²) in [5.41, 5.74) is -0.288. The molecule has 0 rings (SSSR count). The van der Waals surface area contributed by atoms with Crippen LogP contribution >= 0.6 is 8.03 Å². The van der Waals surface area contributed by atoms with Gasteiger partial charge >= 0.3 is 0 Å². The summed E-state index contributed by atoms with van der Waals surface area (Å²) in [7, 11) is -1.91. The lowest BCUT2D eigenvalue weighted by Gasteiger charge is -2.25. The standard InChI is InChI=1S/C8H19O2P.Al.3H/c1-7(2,3)10-11(9)8(4,5)6;;;;/h11H,1-6H3;;;;. The van der Waals surface area contributed by atoms with Crippen LogP contribution in [-0.2, 0) is 9.09 Å². The monoisotopic (exact) mass is 208 g/mol. The molecule has 0 amide bonds. The van der Waals surface area contributed by atoms with Gasteiger partial charge in [-0.2, -0.15) is 0 Å². The van der Waals surface area contributed by atoms with E-state index in [9.17, 15) is 4.57 Å². The highest BCUT2D eigenvalue weighted by Gasteiger charge is 2.24. The number of hydrogen-bond acceptors (Lipinski definition) is 2. The average molecular weight is 208 g/mol. The second kappa shape index (κ2) is 4.82. The molecular formula is C8H22AlO2P. The van der Waals surface area contributed by atoms with Gasteiger partial charge in [-0.25, -0.2) is 0 Å². The van der Waals surface area contributed by atoms with E-state index in [1.165, 1.54) is 0 Å². The fraction of sp³-hybridized carbons (Fsp3) is 1.00. The first-order valence-electron chi connectivity index (χ1n) is 3.86. The highest BCUT2D eigenvalue weighted by atomic mass is 31.1. The third-order valence-electron chi connectivity index (χ3n) is 1.01. The zero-order valence-electron chi connectivity index (χ0n) is 8.32. The van der Waals surface area contributed by atoms with Gasteiger partial charge in [-0.3, -0.25) is 4.57 Å². The topological polar surface area (TPSA) is 26.3 Å². The predicted octanol–water partition coefficient (Wildman–Crippen LogP) is 1.89. The van der Waals surface area contributed by atoms with E-state index in [-0.39, 0.29) is 28.1 Å². The molecule has 1 atom stereocenters. The fourth-order valence-corrected chi connectivity index (χ4v) is 1.29. The van der Waals surface area contributed by atoms with Crippen LogP contribution in [0.5, 0.6) is 0 Å². The molecule has 0 aliphatic carbocycles. The Hall–Kier alpha value is 0.722. The average Bonchev–Trinajstić information content (AvgIpc) is 1.56. The normalized spacial score (nSPS) is 15.2. The van der Waals surface area contributed by atoms with Crippen molar-refractivity contribution in [2.45, 2.75) is 52.3 Å². The third-order valence-corrected chi connectivity index (χ3v) is 3.03. The second-order valence-electron chi connectivity index (χ2n) is 4.75. The minimum atomic E-state index is -1.91. The van der Waals surface area contributed by atoms with E-state index in [0.29, 0.717) is 0 Å². The van der Waals surface area contributed by atoms with Crippen LogP contribution in [0.25, 0.3) is 0 Å². The van der Waals surface area contributed by atoms with Gasteiger partial charge in [0, 0.05) is 5.16 Å². The third kappa shape index (κ3) is 7.38. The highest BCUT2D eigenvalue weighted by Crippen LogP contribution is 2.42. The molecule has 2 nitrogen and oxygen atoms in total. The Morgan fingerprint density at radius 1 is 1.00 bits per heavy atom. The van der Waals surface area contributed by atoms with Crippen molar-refractivity contribution in [3.63, 3.8) is 0 Å². The Morgan fingerprint density at radius 2 is 1.33 bits per heavy atom. The van der Waals surface area contributed by atoms with Crippen molar-refractivity contribution < 1.29 is 9.09 Å². The first-order chi connectivity index (χ1) is 4.63. The molecule has 1 unspecified atom stereocenters. The van der Waals surface area contributed by atoms with Gasteiger partial charge < -0.3 is 4.52 Å². The minimum Gasteiger partial charge on any atom is -0.324 e. The lowest BCUT2D eigenvalue weighted by atomic mass is 10.2. The first-order valence-corrected chi connectivity index (χ1v) is 5.18. The van der Waals surface area contributed by atoms with Crippen molar-refractivity contribution in [3.05, 3.63) is 0 Å². The molecule has 0 aromatic carbocycles. The van der Waals surface area contributed by atoms with Crippen LogP contribution in [-0.4, -0.2) is 28.1 Å². The maximum atomic E-state index is 11.4. The predicted molar refractivity (Wildman–Crippen MR) is 59.5 cm³/mol. The quantitative estimate of drug-likeness (QED) is 0.486. The van der Waals surface area contributed by atoms with Crippen molar-refractivity contribution in [2.75, 3.05) is 0 Å². The molecule has 0 radical (unpaired) electrons. The van der Waals surface area contributed by atoms with Gasteiger partial charge in [-0.15, -0.1) is 0 Å². The SMILES string of the molecule is CC(C)(C)O[PH](=O)C(C)(C)C.[AlH3]. The fourth-order valence-electron chi connectivity index (χ4n) is 0.431. The van der Waals surface area contributed by atoms with Gasteiger partial charge in [0.25, 0.3) is 0 Å². The van der Waals surface area contributed by atoms with Gasteiger partial charge in [-0.1, -0.05) is 20.8 Å². The molecule has 0 aliphatic heterocycles. The van der Waals surface area contributed by atoms with Crippen LogP contribution in [0.1, 0.15) is 41.5 Å². The van der Waals surface area contributed by atoms with Crippen LogP contribution in [0.4, 0.5) is 0 Å². The van der Waals surface area contributed by atoms with Crippen molar-refractivity contribution in [1.82, 2.24) is 0 Å². The van der Waals surface area contributed by atoms with E-state index < -0.39 is 8.03 Å². The summed E-state index contributed by atoms with van der Waals surface area (Å²) in [4.78, 5) is 0. The Morgan fingerprint density at radius 3 is 1.42 bits per heavy atom. The van der Waals surface area contributed by atoms with E-state index in [2.05, 4.69) is 0 Å². The Bertz CT molecular complexity index is 155. The summed E-state index contributed by atoms with van der Waals surface area (Å²) in [5.74, 6) is 0. The maximum Gasteiger partial charge on any atom is 0.197 e. The Labute approximate surface area is 87.1 Å². The molecule has 0 spiro atoms. The molecule has 74 valence electrons. The summed E-state index contributed by atoms with van der Waals surface area (Å²) in [6.07, 6.45) is 0. The summed E-state index contributed by atoms with van der Waals surface area (Å²) in [6, 6.07) is 0. The Kier molecular flexibility index (Phi) is 6.11. The zero-order chi connectivity index (χ0) is 9.28. The summed E-state index contributed by atoms with van der Waals surface area (Å²) in [5, 5.41) is -0.210. The number of hydrogen-bond donors (Lipinski definition) is 0. The summed E-state index contributed by atoms with van der Waals surface area (Å²) >= 11 is 0. The maximum absolute atomic E-state index is 11.4. The van der Waals surface area contributed by atoms with Crippen LogP contribution in [0.15, 0.2) is 0 Å². The molecule has 0 aromatic rings. The summed E-state index contributed by atoms with van der Waals surface area (Å²) < 4.78 is 16.8. The van der Waals surface area contributed by atoms with E-state index in [1.54, 1.807) is 0 Å². The molecule has 0 fully saturated rings. The molecule has 0 bridgehead atoms.